The molecule has 4 heteroatoms. The highest BCUT2D eigenvalue weighted by molar-refractivity contribution is 5.12. The van der Waals surface area contributed by atoms with Crippen LogP contribution in [0.1, 0.15) is 0 Å². The van der Waals surface area contributed by atoms with Gasteiger partial charge in [0.25, 0.3) is 0 Å². The summed E-state index contributed by atoms with van der Waals surface area (Å²) in [4.78, 5) is 0. The molecule has 72 valence electrons. The van der Waals surface area contributed by atoms with Crippen molar-refractivity contribution in [2.24, 2.45) is 0 Å². The van der Waals surface area contributed by atoms with Crippen molar-refractivity contribution in [2.45, 2.75) is 0 Å². The molecule has 2 fully saturated rings. The lowest BCUT2D eigenvalue weighted by molar-refractivity contribution is -0.0720. The smallest absolute Gasteiger partial charge is 0.147 e. The molecule has 0 unspecified atom stereocenters. The summed E-state index contributed by atoms with van der Waals surface area (Å²) in [6.45, 7) is 3.17. The van der Waals surface area contributed by atoms with Crippen LogP contribution in [0, 0.1) is 0 Å². The van der Waals surface area contributed by atoms with Gasteiger partial charge in [-0.2, -0.15) is 0 Å². The van der Waals surface area contributed by atoms with E-state index in [-0.39, 0.29) is 0 Å². The van der Waals surface area contributed by atoms with Gasteiger partial charge in [-0.15, -0.1) is 5.73 Å². The lowest BCUT2D eigenvalue weighted by Gasteiger charge is -2.16. The van der Waals surface area contributed by atoms with Gasteiger partial charge >= 0.3 is 0 Å². The molecule has 0 aromatic carbocycles. The summed E-state index contributed by atoms with van der Waals surface area (Å²) in [5, 5.41) is 0. The number of ether oxygens (including phenoxy) is 4. The fourth-order valence-corrected chi connectivity index (χ4v) is 1.25. The summed E-state index contributed by atoms with van der Waals surface area (Å²) in [7, 11) is 0. The first-order valence-corrected chi connectivity index (χ1v) is 4.22. The van der Waals surface area contributed by atoms with Gasteiger partial charge in [0, 0.05) is 11.1 Å². The number of rotatable bonds is 0. The maximum absolute atomic E-state index is 5.11. The maximum Gasteiger partial charge on any atom is 0.147 e. The minimum Gasteiger partial charge on any atom is -0.350 e. The Kier molecular flexibility index (Phi) is 3.13. The van der Waals surface area contributed by atoms with E-state index in [0.29, 0.717) is 40.0 Å². The molecule has 0 saturated carbocycles. The molecule has 0 atom stereocenters. The monoisotopic (exact) mass is 184 g/mol. The molecule has 2 aliphatic rings. The van der Waals surface area contributed by atoms with Crippen LogP contribution in [0.25, 0.3) is 0 Å². The van der Waals surface area contributed by atoms with E-state index in [1.165, 1.54) is 0 Å². The first kappa shape index (κ1) is 8.94. The second-order valence-corrected chi connectivity index (χ2v) is 2.96. The summed E-state index contributed by atoms with van der Waals surface area (Å²) in [5.41, 5.74) is 5.24. The van der Waals surface area contributed by atoms with Crippen molar-refractivity contribution in [3.05, 3.63) is 16.9 Å². The van der Waals surface area contributed by atoms with Crippen molar-refractivity contribution in [3.8, 4) is 0 Å². The maximum atomic E-state index is 5.11. The van der Waals surface area contributed by atoms with Crippen molar-refractivity contribution < 1.29 is 18.9 Å². The van der Waals surface area contributed by atoms with Crippen LogP contribution in [-0.2, 0) is 18.9 Å². The van der Waals surface area contributed by atoms with E-state index in [2.05, 4.69) is 5.73 Å². The van der Waals surface area contributed by atoms with Crippen LogP contribution in [0.2, 0.25) is 0 Å². The number of hydrogen-bond donors (Lipinski definition) is 0. The molecular weight excluding hydrogens is 172 g/mol. The molecule has 13 heavy (non-hydrogen) atoms. The van der Waals surface area contributed by atoms with Crippen molar-refractivity contribution in [1.82, 2.24) is 0 Å². The minimum absolute atomic E-state index is 0.382. The summed E-state index contributed by atoms with van der Waals surface area (Å²) in [6, 6.07) is 0. The lowest BCUT2D eigenvalue weighted by atomic mass is 10.2. The fourth-order valence-electron chi connectivity index (χ4n) is 1.25. The lowest BCUT2D eigenvalue weighted by Crippen LogP contribution is -2.17. The topological polar surface area (TPSA) is 36.9 Å². The molecule has 0 aromatic rings. The predicted molar refractivity (Wildman–Crippen MR) is 44.1 cm³/mol. The van der Waals surface area contributed by atoms with Gasteiger partial charge in [0.1, 0.15) is 13.6 Å². The first-order chi connectivity index (χ1) is 6.45. The van der Waals surface area contributed by atoms with Crippen molar-refractivity contribution in [2.75, 3.05) is 40.0 Å². The average Bonchev–Trinajstić information content (AvgIpc) is 2.21. The molecule has 2 rings (SSSR count). The van der Waals surface area contributed by atoms with Crippen LogP contribution < -0.4 is 0 Å². The highest BCUT2D eigenvalue weighted by Gasteiger charge is 2.08. The fraction of sp³-hybridized carbons (Fsp3) is 0.667. The summed E-state index contributed by atoms with van der Waals surface area (Å²) >= 11 is 0. The third kappa shape index (κ3) is 2.66. The van der Waals surface area contributed by atoms with Gasteiger partial charge in [-0.05, 0) is 0 Å². The minimum atomic E-state index is 0.382. The van der Waals surface area contributed by atoms with E-state index in [9.17, 15) is 0 Å². The van der Waals surface area contributed by atoms with Crippen LogP contribution >= 0.6 is 0 Å². The highest BCUT2D eigenvalue weighted by atomic mass is 16.7. The molecule has 2 heterocycles. The van der Waals surface area contributed by atoms with E-state index in [1.807, 2.05) is 0 Å². The number of hydrogen-bond acceptors (Lipinski definition) is 4. The van der Waals surface area contributed by atoms with Crippen LogP contribution in [0.4, 0.5) is 0 Å². The molecule has 0 aliphatic carbocycles. The Labute approximate surface area is 76.7 Å². The molecule has 0 bridgehead atoms. The SMILES string of the molecule is C(=C1COCOC1)=C1COCOC1. The van der Waals surface area contributed by atoms with Gasteiger partial charge in [0.15, 0.2) is 0 Å². The van der Waals surface area contributed by atoms with Gasteiger partial charge in [0.05, 0.1) is 26.4 Å². The molecule has 4 nitrogen and oxygen atoms in total. The zero-order valence-electron chi connectivity index (χ0n) is 7.38. The van der Waals surface area contributed by atoms with E-state index in [4.69, 9.17) is 18.9 Å². The van der Waals surface area contributed by atoms with E-state index in [1.54, 1.807) is 0 Å². The Hall–Kier alpha value is -0.640. The second kappa shape index (κ2) is 4.56. The molecule has 0 aromatic heterocycles. The Morgan fingerprint density at radius 3 is 1.46 bits per heavy atom. The predicted octanol–water partition coefficient (Wildman–Crippen LogP) is 0.447. The van der Waals surface area contributed by atoms with Gasteiger partial charge in [-0.3, -0.25) is 0 Å². The van der Waals surface area contributed by atoms with Gasteiger partial charge in [-0.25, -0.2) is 0 Å². The second-order valence-electron chi connectivity index (χ2n) is 2.96. The standard InChI is InChI=1S/C9H12O4/c1(8-2-10-6-11-3-8)9-4-12-7-13-5-9/h2-7H2. The van der Waals surface area contributed by atoms with Crippen molar-refractivity contribution in [3.63, 3.8) is 0 Å². The molecule has 0 N–H and O–H groups in total. The van der Waals surface area contributed by atoms with Gasteiger partial charge in [-0.1, -0.05) is 0 Å². The van der Waals surface area contributed by atoms with Crippen molar-refractivity contribution in [1.29, 1.82) is 0 Å². The zero-order chi connectivity index (χ0) is 8.93. The van der Waals surface area contributed by atoms with Crippen LogP contribution in [0.3, 0.4) is 0 Å². The van der Waals surface area contributed by atoms with E-state index in [0.717, 1.165) is 11.1 Å². The largest absolute Gasteiger partial charge is 0.350 e. The third-order valence-corrected chi connectivity index (χ3v) is 1.79. The molecule has 0 amide bonds. The Bertz CT molecular complexity index is 202. The summed E-state index contributed by atoms with van der Waals surface area (Å²) < 4.78 is 20.4. The highest BCUT2D eigenvalue weighted by Crippen LogP contribution is 2.07. The van der Waals surface area contributed by atoms with Gasteiger partial charge in [0.2, 0.25) is 0 Å². The molecule has 0 spiro atoms. The third-order valence-electron chi connectivity index (χ3n) is 1.79. The quantitative estimate of drug-likeness (QED) is 0.512. The summed E-state index contributed by atoms with van der Waals surface area (Å²) in [6.07, 6.45) is 0. The van der Waals surface area contributed by atoms with Crippen LogP contribution in [0.5, 0.6) is 0 Å². The van der Waals surface area contributed by atoms with E-state index < -0.39 is 0 Å². The summed E-state index contributed by atoms with van der Waals surface area (Å²) in [5.74, 6) is 0. The Balaban J connectivity index is 2.04. The first-order valence-electron chi connectivity index (χ1n) is 4.22. The van der Waals surface area contributed by atoms with Crippen LogP contribution in [-0.4, -0.2) is 40.0 Å². The Morgan fingerprint density at radius 1 is 0.692 bits per heavy atom. The molecule has 2 aliphatic heterocycles. The van der Waals surface area contributed by atoms with E-state index >= 15 is 0 Å². The Morgan fingerprint density at radius 2 is 1.08 bits per heavy atom. The molecule has 0 radical (unpaired) electrons. The molecule has 2 saturated heterocycles. The zero-order valence-corrected chi connectivity index (χ0v) is 7.38. The molecular formula is C9H12O4. The average molecular weight is 184 g/mol. The van der Waals surface area contributed by atoms with Crippen LogP contribution in [0.15, 0.2) is 16.9 Å². The van der Waals surface area contributed by atoms with Gasteiger partial charge < -0.3 is 18.9 Å². The normalized spacial score (nSPS) is 24.3. The van der Waals surface area contributed by atoms with Crippen molar-refractivity contribution >= 4 is 0 Å².